The lowest BCUT2D eigenvalue weighted by atomic mass is 9.81. The summed E-state index contributed by atoms with van der Waals surface area (Å²) < 4.78 is 11.8. The van der Waals surface area contributed by atoms with Crippen LogP contribution in [-0.2, 0) is 9.47 Å². The van der Waals surface area contributed by atoms with Crippen LogP contribution in [0.4, 0.5) is 0 Å². The summed E-state index contributed by atoms with van der Waals surface area (Å²) in [5.74, 6) is 0. The molecule has 0 amide bonds. The molecule has 1 aromatic rings. The van der Waals surface area contributed by atoms with Crippen LogP contribution in [0.2, 0.25) is 0 Å². The van der Waals surface area contributed by atoms with Crippen LogP contribution in [0.3, 0.4) is 0 Å². The SMILES string of the molecule is CCNC(c1cccc(C)c1)C1(OCC)CCOCC1. The minimum atomic E-state index is -0.142. The molecule has 2 rings (SSSR count). The molecule has 0 aliphatic carbocycles. The van der Waals surface area contributed by atoms with E-state index in [1.54, 1.807) is 0 Å². The quantitative estimate of drug-likeness (QED) is 0.866. The number of ether oxygens (including phenoxy) is 2. The Balaban J connectivity index is 2.33. The van der Waals surface area contributed by atoms with Gasteiger partial charge >= 0.3 is 0 Å². The highest BCUT2D eigenvalue weighted by atomic mass is 16.5. The third-order valence-electron chi connectivity index (χ3n) is 4.08. The zero-order valence-electron chi connectivity index (χ0n) is 12.9. The number of hydrogen-bond donors (Lipinski definition) is 1. The highest BCUT2D eigenvalue weighted by Gasteiger charge is 2.41. The highest BCUT2D eigenvalue weighted by Crippen LogP contribution is 2.38. The van der Waals surface area contributed by atoms with E-state index in [-0.39, 0.29) is 11.6 Å². The molecule has 1 aromatic carbocycles. The van der Waals surface area contributed by atoms with Gasteiger partial charge in [0, 0.05) is 32.7 Å². The molecule has 0 saturated carbocycles. The molecule has 112 valence electrons. The summed E-state index contributed by atoms with van der Waals surface area (Å²) in [6, 6.07) is 8.98. The fraction of sp³-hybridized carbons (Fsp3) is 0.647. The molecule has 0 aromatic heterocycles. The first-order chi connectivity index (χ1) is 9.72. The Morgan fingerprint density at radius 3 is 2.65 bits per heavy atom. The molecule has 1 atom stereocenters. The Morgan fingerprint density at radius 2 is 2.05 bits per heavy atom. The van der Waals surface area contributed by atoms with Gasteiger partial charge in [-0.3, -0.25) is 0 Å². The zero-order chi connectivity index (χ0) is 14.4. The van der Waals surface area contributed by atoms with Crippen LogP contribution in [0.15, 0.2) is 24.3 Å². The van der Waals surface area contributed by atoms with Crippen molar-refractivity contribution < 1.29 is 9.47 Å². The molecule has 1 heterocycles. The van der Waals surface area contributed by atoms with Crippen molar-refractivity contribution in [2.45, 2.75) is 45.3 Å². The third-order valence-corrected chi connectivity index (χ3v) is 4.08. The van der Waals surface area contributed by atoms with Gasteiger partial charge in [0.1, 0.15) is 0 Å². The molecular formula is C17H27NO2. The van der Waals surface area contributed by atoms with Crippen molar-refractivity contribution in [2.75, 3.05) is 26.4 Å². The van der Waals surface area contributed by atoms with E-state index < -0.39 is 0 Å². The van der Waals surface area contributed by atoms with Crippen LogP contribution >= 0.6 is 0 Å². The predicted molar refractivity (Wildman–Crippen MR) is 82.0 cm³/mol. The number of rotatable bonds is 6. The number of likely N-dealkylation sites (N-methyl/N-ethyl adjacent to an activating group) is 1. The summed E-state index contributed by atoms with van der Waals surface area (Å²) in [6.07, 6.45) is 1.90. The Kier molecular flexibility index (Phi) is 5.58. The molecule has 20 heavy (non-hydrogen) atoms. The summed E-state index contributed by atoms with van der Waals surface area (Å²) in [6.45, 7) is 9.63. The molecule has 1 fully saturated rings. The van der Waals surface area contributed by atoms with Gasteiger partial charge in [-0.05, 0) is 26.0 Å². The third kappa shape index (κ3) is 3.40. The first-order valence-corrected chi connectivity index (χ1v) is 7.73. The Labute approximate surface area is 122 Å². The fourth-order valence-electron chi connectivity index (χ4n) is 3.18. The van der Waals surface area contributed by atoms with Crippen molar-refractivity contribution in [1.82, 2.24) is 5.32 Å². The lowest BCUT2D eigenvalue weighted by Crippen LogP contribution is -2.50. The second kappa shape index (κ2) is 7.21. The van der Waals surface area contributed by atoms with Crippen molar-refractivity contribution in [3.8, 4) is 0 Å². The number of hydrogen-bond acceptors (Lipinski definition) is 3. The van der Waals surface area contributed by atoms with Crippen LogP contribution in [0.5, 0.6) is 0 Å². The van der Waals surface area contributed by atoms with Gasteiger partial charge in [0.05, 0.1) is 11.6 Å². The van der Waals surface area contributed by atoms with Crippen LogP contribution in [0, 0.1) is 6.92 Å². The molecular weight excluding hydrogens is 250 g/mol. The number of benzene rings is 1. The smallest absolute Gasteiger partial charge is 0.0919 e. The first-order valence-electron chi connectivity index (χ1n) is 7.73. The second-order valence-electron chi connectivity index (χ2n) is 5.51. The van der Waals surface area contributed by atoms with Crippen LogP contribution < -0.4 is 5.32 Å². The Morgan fingerprint density at radius 1 is 1.30 bits per heavy atom. The van der Waals surface area contributed by atoms with E-state index in [2.05, 4.69) is 50.4 Å². The van der Waals surface area contributed by atoms with Crippen LogP contribution in [0.25, 0.3) is 0 Å². The predicted octanol–water partition coefficient (Wildman–Crippen LogP) is 3.23. The van der Waals surface area contributed by atoms with Gasteiger partial charge in [0.15, 0.2) is 0 Å². The lowest BCUT2D eigenvalue weighted by Gasteiger charge is -2.43. The lowest BCUT2D eigenvalue weighted by molar-refractivity contribution is -0.127. The Bertz CT molecular complexity index is 408. The van der Waals surface area contributed by atoms with E-state index >= 15 is 0 Å². The molecule has 0 radical (unpaired) electrons. The molecule has 1 unspecified atom stereocenters. The van der Waals surface area contributed by atoms with Crippen molar-refractivity contribution in [3.05, 3.63) is 35.4 Å². The summed E-state index contributed by atoms with van der Waals surface area (Å²) in [7, 11) is 0. The normalized spacial score (nSPS) is 19.8. The van der Waals surface area contributed by atoms with Gasteiger partial charge in [-0.15, -0.1) is 0 Å². The van der Waals surface area contributed by atoms with Crippen molar-refractivity contribution in [1.29, 1.82) is 0 Å². The van der Waals surface area contributed by atoms with E-state index in [1.807, 2.05) is 0 Å². The van der Waals surface area contributed by atoms with E-state index in [1.165, 1.54) is 11.1 Å². The summed E-state index contributed by atoms with van der Waals surface area (Å²) in [5.41, 5.74) is 2.47. The Hall–Kier alpha value is -0.900. The molecule has 1 aliphatic rings. The molecule has 0 spiro atoms. The minimum Gasteiger partial charge on any atom is -0.381 e. The first kappa shape index (κ1) is 15.5. The standard InChI is InChI=1S/C17H27NO2/c1-4-18-16(15-8-6-7-14(3)13-15)17(20-5-2)9-11-19-12-10-17/h6-8,13,16,18H,4-5,9-12H2,1-3H3. The van der Waals surface area contributed by atoms with Gasteiger partial charge in [-0.25, -0.2) is 0 Å². The molecule has 3 nitrogen and oxygen atoms in total. The van der Waals surface area contributed by atoms with Crippen LogP contribution in [-0.4, -0.2) is 32.0 Å². The fourth-order valence-corrected chi connectivity index (χ4v) is 3.18. The van der Waals surface area contributed by atoms with Gasteiger partial charge in [-0.1, -0.05) is 36.8 Å². The van der Waals surface area contributed by atoms with E-state index in [9.17, 15) is 0 Å². The van der Waals surface area contributed by atoms with E-state index in [0.717, 1.165) is 39.2 Å². The molecule has 0 bridgehead atoms. The largest absolute Gasteiger partial charge is 0.381 e. The maximum absolute atomic E-state index is 6.24. The highest BCUT2D eigenvalue weighted by molar-refractivity contribution is 5.27. The number of nitrogens with one attached hydrogen (secondary N) is 1. The summed E-state index contributed by atoms with van der Waals surface area (Å²) >= 11 is 0. The number of aryl methyl sites for hydroxylation is 1. The van der Waals surface area contributed by atoms with Gasteiger partial charge in [0.2, 0.25) is 0 Å². The maximum atomic E-state index is 6.24. The average Bonchev–Trinajstić information content (AvgIpc) is 2.46. The van der Waals surface area contributed by atoms with E-state index in [4.69, 9.17) is 9.47 Å². The maximum Gasteiger partial charge on any atom is 0.0919 e. The molecule has 1 saturated heterocycles. The second-order valence-corrected chi connectivity index (χ2v) is 5.51. The summed E-state index contributed by atoms with van der Waals surface area (Å²) in [4.78, 5) is 0. The van der Waals surface area contributed by atoms with Gasteiger partial charge in [0.25, 0.3) is 0 Å². The summed E-state index contributed by atoms with van der Waals surface area (Å²) in [5, 5.41) is 3.64. The monoisotopic (exact) mass is 277 g/mol. The van der Waals surface area contributed by atoms with Crippen molar-refractivity contribution in [3.63, 3.8) is 0 Å². The zero-order valence-corrected chi connectivity index (χ0v) is 12.9. The average molecular weight is 277 g/mol. The molecule has 1 N–H and O–H groups in total. The van der Waals surface area contributed by atoms with Gasteiger partial charge in [-0.2, -0.15) is 0 Å². The molecule has 3 heteroatoms. The van der Waals surface area contributed by atoms with Gasteiger partial charge < -0.3 is 14.8 Å². The topological polar surface area (TPSA) is 30.5 Å². The van der Waals surface area contributed by atoms with Crippen LogP contribution in [0.1, 0.15) is 43.9 Å². The van der Waals surface area contributed by atoms with Crippen molar-refractivity contribution >= 4 is 0 Å². The molecule has 1 aliphatic heterocycles. The van der Waals surface area contributed by atoms with E-state index in [0.29, 0.717) is 0 Å². The minimum absolute atomic E-state index is 0.142. The van der Waals surface area contributed by atoms with Crippen molar-refractivity contribution in [2.24, 2.45) is 0 Å².